The normalized spacial score (nSPS) is 11.2. The van der Waals surface area contributed by atoms with Gasteiger partial charge in [0.15, 0.2) is 0 Å². The van der Waals surface area contributed by atoms with Gasteiger partial charge in [0.25, 0.3) is 5.91 Å². The first-order valence-electron chi connectivity index (χ1n) is 14.6. The van der Waals surface area contributed by atoms with Crippen molar-refractivity contribution in [1.29, 1.82) is 0 Å². The van der Waals surface area contributed by atoms with E-state index in [1.54, 1.807) is 7.11 Å². The number of amides is 1. The lowest BCUT2D eigenvalue weighted by atomic mass is 10.1. The number of hydrogen-bond acceptors (Lipinski definition) is 9. The average Bonchev–Trinajstić information content (AvgIpc) is 3.39. The van der Waals surface area contributed by atoms with Crippen LogP contribution in [0.5, 0.6) is 5.75 Å². The minimum atomic E-state index is -0.373. The van der Waals surface area contributed by atoms with Crippen molar-refractivity contribution in [3.63, 3.8) is 0 Å². The van der Waals surface area contributed by atoms with Gasteiger partial charge >= 0.3 is 0 Å². The van der Waals surface area contributed by atoms with Crippen LogP contribution in [0.1, 0.15) is 10.5 Å². The molecule has 45 heavy (non-hydrogen) atoms. The zero-order valence-corrected chi connectivity index (χ0v) is 25.9. The van der Waals surface area contributed by atoms with Crippen molar-refractivity contribution in [2.24, 2.45) is 7.05 Å². The molecule has 2 N–H and O–H groups in total. The van der Waals surface area contributed by atoms with Crippen LogP contribution in [-0.4, -0.2) is 76.7 Å². The first kappa shape index (κ1) is 29.5. The molecule has 0 spiro atoms. The number of aryl methyl sites for hydroxylation is 1. The molecule has 0 saturated carbocycles. The summed E-state index contributed by atoms with van der Waals surface area (Å²) >= 11 is 0. The molecule has 0 bridgehead atoms. The number of carbonyl (C=O) groups is 1. The van der Waals surface area contributed by atoms with Crippen LogP contribution in [0, 0.1) is 0 Å². The number of likely N-dealkylation sites (N-methyl/N-ethyl adjacent to an activating group) is 2. The van der Waals surface area contributed by atoms with Crippen molar-refractivity contribution in [1.82, 2.24) is 29.4 Å². The molecule has 3 heterocycles. The van der Waals surface area contributed by atoms with E-state index in [0.29, 0.717) is 23.1 Å². The van der Waals surface area contributed by atoms with Gasteiger partial charge in [0.1, 0.15) is 11.4 Å². The fraction of sp³-hybridized carbons (Fsp3) is 0.206. The van der Waals surface area contributed by atoms with Crippen LogP contribution in [0.4, 0.5) is 23.0 Å². The summed E-state index contributed by atoms with van der Waals surface area (Å²) in [5.74, 6) is 0.596. The van der Waals surface area contributed by atoms with Crippen molar-refractivity contribution in [3.05, 3.63) is 91.1 Å². The van der Waals surface area contributed by atoms with Gasteiger partial charge in [-0.2, -0.15) is 0 Å². The zero-order chi connectivity index (χ0) is 31.5. The van der Waals surface area contributed by atoms with E-state index in [1.165, 1.54) is 18.6 Å². The quantitative estimate of drug-likeness (QED) is 0.208. The number of nitrogens with one attached hydrogen (secondary N) is 2. The molecule has 1 amide bonds. The summed E-state index contributed by atoms with van der Waals surface area (Å²) in [6.07, 6.45) is 6.56. The van der Waals surface area contributed by atoms with E-state index < -0.39 is 0 Å². The molecule has 228 valence electrons. The van der Waals surface area contributed by atoms with Crippen LogP contribution in [0.3, 0.4) is 0 Å². The second-order valence-electron chi connectivity index (χ2n) is 11.0. The van der Waals surface area contributed by atoms with Crippen molar-refractivity contribution in [3.8, 4) is 17.0 Å². The number of anilines is 4. The number of fused-ring (bicyclic) bond motifs is 2. The van der Waals surface area contributed by atoms with E-state index in [0.717, 1.165) is 51.8 Å². The number of benzene rings is 3. The molecule has 0 atom stereocenters. The Morgan fingerprint density at radius 2 is 1.71 bits per heavy atom. The highest BCUT2D eigenvalue weighted by Crippen LogP contribution is 2.39. The summed E-state index contributed by atoms with van der Waals surface area (Å²) in [6.45, 7) is 1.54. The molecule has 0 radical (unpaired) electrons. The van der Waals surface area contributed by atoms with E-state index >= 15 is 0 Å². The molecule has 0 aliphatic heterocycles. The molecule has 3 aromatic heterocycles. The standard InChI is InChI=1S/C34H35N9O2/c1-41(2)16-17-42(3)30-19-31(45-5)27(18-26(30)37-33(44)28-20-35-14-15-36-28)39-34-38-25-12-8-6-11-23(25)32(40-34)24-21-43(4)29-13-9-7-10-22(24)29/h6-15,18-21H,16-17H2,1-5H3,(H,37,44)(H,38,39,40). The second kappa shape index (κ2) is 12.6. The van der Waals surface area contributed by atoms with Gasteiger partial charge in [-0.1, -0.05) is 36.4 Å². The van der Waals surface area contributed by atoms with E-state index in [1.807, 2.05) is 76.7 Å². The van der Waals surface area contributed by atoms with Gasteiger partial charge in [-0.3, -0.25) is 9.78 Å². The maximum Gasteiger partial charge on any atom is 0.275 e. The second-order valence-corrected chi connectivity index (χ2v) is 11.0. The number of para-hydroxylation sites is 2. The Hall–Kier alpha value is -5.55. The Labute approximate surface area is 261 Å². The third-order valence-electron chi connectivity index (χ3n) is 7.66. The van der Waals surface area contributed by atoms with Gasteiger partial charge in [-0.15, -0.1) is 0 Å². The summed E-state index contributed by atoms with van der Waals surface area (Å²) in [5, 5.41) is 8.47. The van der Waals surface area contributed by atoms with Crippen LogP contribution in [0.25, 0.3) is 33.1 Å². The monoisotopic (exact) mass is 601 g/mol. The maximum absolute atomic E-state index is 13.2. The van der Waals surface area contributed by atoms with Gasteiger partial charge in [-0.25, -0.2) is 15.0 Å². The largest absolute Gasteiger partial charge is 0.494 e. The average molecular weight is 602 g/mol. The van der Waals surface area contributed by atoms with Crippen LogP contribution in [-0.2, 0) is 7.05 Å². The zero-order valence-electron chi connectivity index (χ0n) is 25.9. The number of carbonyl (C=O) groups excluding carboxylic acids is 1. The molecule has 0 saturated heterocycles. The van der Waals surface area contributed by atoms with Crippen molar-refractivity contribution in [2.75, 3.05) is 56.9 Å². The number of ether oxygens (including phenoxy) is 1. The Kier molecular flexibility index (Phi) is 8.26. The molecular weight excluding hydrogens is 566 g/mol. The predicted molar refractivity (Wildman–Crippen MR) is 180 cm³/mol. The number of rotatable bonds is 10. The highest BCUT2D eigenvalue weighted by molar-refractivity contribution is 6.06. The summed E-state index contributed by atoms with van der Waals surface area (Å²) in [4.78, 5) is 35.5. The minimum Gasteiger partial charge on any atom is -0.494 e. The third-order valence-corrected chi connectivity index (χ3v) is 7.66. The molecule has 3 aromatic carbocycles. The third kappa shape index (κ3) is 6.11. The van der Waals surface area contributed by atoms with E-state index in [-0.39, 0.29) is 11.6 Å². The topological polar surface area (TPSA) is 113 Å². The Bertz CT molecular complexity index is 1990. The fourth-order valence-corrected chi connectivity index (χ4v) is 5.31. The van der Waals surface area contributed by atoms with Crippen LogP contribution in [0.2, 0.25) is 0 Å². The van der Waals surface area contributed by atoms with E-state index in [9.17, 15) is 4.79 Å². The Morgan fingerprint density at radius 1 is 0.933 bits per heavy atom. The molecule has 6 rings (SSSR count). The minimum absolute atomic E-state index is 0.210. The lowest BCUT2D eigenvalue weighted by Crippen LogP contribution is -2.29. The van der Waals surface area contributed by atoms with E-state index in [2.05, 4.69) is 53.3 Å². The Balaban J connectivity index is 1.44. The lowest BCUT2D eigenvalue weighted by Gasteiger charge is -2.26. The molecule has 0 aliphatic rings. The Morgan fingerprint density at radius 3 is 2.47 bits per heavy atom. The summed E-state index contributed by atoms with van der Waals surface area (Å²) < 4.78 is 7.95. The van der Waals surface area contributed by atoms with Gasteiger partial charge in [0.05, 0.1) is 41.6 Å². The highest BCUT2D eigenvalue weighted by atomic mass is 16.5. The number of methoxy groups -OCH3 is 1. The lowest BCUT2D eigenvalue weighted by molar-refractivity contribution is 0.102. The SMILES string of the molecule is COc1cc(N(C)CCN(C)C)c(NC(=O)c2cnccn2)cc1Nc1nc(-c2cn(C)c3ccccc23)c2ccccc2n1. The molecule has 6 aromatic rings. The number of hydrogen-bond donors (Lipinski definition) is 2. The fourth-order valence-electron chi connectivity index (χ4n) is 5.31. The van der Waals surface area contributed by atoms with Crippen LogP contribution in [0.15, 0.2) is 85.5 Å². The van der Waals surface area contributed by atoms with Crippen molar-refractivity contribution in [2.45, 2.75) is 0 Å². The first-order valence-corrected chi connectivity index (χ1v) is 14.6. The number of aromatic nitrogens is 5. The molecule has 11 nitrogen and oxygen atoms in total. The predicted octanol–water partition coefficient (Wildman–Crippen LogP) is 5.58. The molecule has 11 heteroatoms. The highest BCUT2D eigenvalue weighted by Gasteiger charge is 2.20. The molecule has 0 fully saturated rings. The maximum atomic E-state index is 13.2. The van der Waals surface area contributed by atoms with Crippen molar-refractivity contribution < 1.29 is 9.53 Å². The molecular formula is C34H35N9O2. The van der Waals surface area contributed by atoms with Crippen LogP contribution >= 0.6 is 0 Å². The summed E-state index contributed by atoms with van der Waals surface area (Å²) in [5.41, 5.74) is 5.90. The van der Waals surface area contributed by atoms with Gasteiger partial charge in [-0.05, 0) is 32.3 Å². The van der Waals surface area contributed by atoms with Gasteiger partial charge in [0.2, 0.25) is 5.95 Å². The van der Waals surface area contributed by atoms with E-state index in [4.69, 9.17) is 14.7 Å². The summed E-state index contributed by atoms with van der Waals surface area (Å²) in [6, 6.07) is 20.0. The van der Waals surface area contributed by atoms with Crippen molar-refractivity contribution >= 4 is 50.7 Å². The smallest absolute Gasteiger partial charge is 0.275 e. The summed E-state index contributed by atoms with van der Waals surface area (Å²) in [7, 11) is 9.67. The van der Waals surface area contributed by atoms with Crippen LogP contribution < -0.4 is 20.3 Å². The first-order chi connectivity index (χ1) is 21.8. The van der Waals surface area contributed by atoms with Gasteiger partial charge in [0, 0.05) is 73.7 Å². The molecule has 0 unspecified atom stereocenters. The molecule has 0 aliphatic carbocycles. The van der Waals surface area contributed by atoms with Gasteiger partial charge < -0.3 is 29.7 Å². The number of nitrogens with zero attached hydrogens (tertiary/aromatic N) is 7.